The molecule has 2 rings (SSSR count). The van der Waals surface area contributed by atoms with Crippen molar-refractivity contribution in [2.45, 2.75) is 63.1 Å². The summed E-state index contributed by atoms with van der Waals surface area (Å²) in [6.45, 7) is 1.97. The summed E-state index contributed by atoms with van der Waals surface area (Å²) < 4.78 is 26.9. The molecule has 114 valence electrons. The van der Waals surface area contributed by atoms with E-state index in [1.54, 1.807) is 14.0 Å². The standard InChI is InChI=1S/C13H24N4O2S/c1-10-12(9-14)13(16-15-10)20(18,19)17(2)11-7-5-3-4-6-8-11/h11H,3-9,14H2,1-2H3,(H,15,16). The maximum atomic E-state index is 12.7. The van der Waals surface area contributed by atoms with Crippen LogP contribution in [-0.2, 0) is 16.6 Å². The van der Waals surface area contributed by atoms with E-state index >= 15 is 0 Å². The molecule has 0 unspecified atom stereocenters. The molecule has 6 nitrogen and oxygen atoms in total. The van der Waals surface area contributed by atoms with Crippen molar-refractivity contribution in [3.63, 3.8) is 0 Å². The van der Waals surface area contributed by atoms with E-state index in [0.29, 0.717) is 5.56 Å². The Morgan fingerprint density at radius 3 is 2.45 bits per heavy atom. The normalized spacial score (nSPS) is 18.4. The van der Waals surface area contributed by atoms with E-state index in [9.17, 15) is 8.42 Å². The minimum Gasteiger partial charge on any atom is -0.326 e. The quantitative estimate of drug-likeness (QED) is 0.825. The van der Waals surface area contributed by atoms with Crippen LogP contribution in [0.3, 0.4) is 0 Å². The Labute approximate surface area is 120 Å². The van der Waals surface area contributed by atoms with Crippen molar-refractivity contribution < 1.29 is 8.42 Å². The fourth-order valence-corrected chi connectivity index (χ4v) is 4.42. The summed E-state index contributed by atoms with van der Waals surface area (Å²) in [5.74, 6) is 0. The van der Waals surface area contributed by atoms with Gasteiger partial charge in [0.05, 0.1) is 0 Å². The molecule has 1 saturated carbocycles. The van der Waals surface area contributed by atoms with Crippen molar-refractivity contribution in [2.24, 2.45) is 5.73 Å². The van der Waals surface area contributed by atoms with Crippen molar-refractivity contribution in [3.05, 3.63) is 11.3 Å². The van der Waals surface area contributed by atoms with E-state index in [-0.39, 0.29) is 17.6 Å². The second-order valence-corrected chi connectivity index (χ2v) is 7.42. The number of aromatic amines is 1. The molecular formula is C13H24N4O2S. The zero-order valence-electron chi connectivity index (χ0n) is 12.2. The number of H-pyrrole nitrogens is 1. The summed E-state index contributed by atoms with van der Waals surface area (Å²) in [6.07, 6.45) is 6.43. The lowest BCUT2D eigenvalue weighted by molar-refractivity contribution is 0.334. The first kappa shape index (κ1) is 15.5. The molecule has 0 bridgehead atoms. The van der Waals surface area contributed by atoms with Crippen LogP contribution in [0.5, 0.6) is 0 Å². The van der Waals surface area contributed by atoms with Crippen molar-refractivity contribution >= 4 is 10.0 Å². The Morgan fingerprint density at radius 2 is 1.90 bits per heavy atom. The molecule has 0 radical (unpaired) electrons. The predicted molar refractivity (Wildman–Crippen MR) is 77.7 cm³/mol. The van der Waals surface area contributed by atoms with Gasteiger partial charge in [-0.2, -0.15) is 9.40 Å². The Morgan fingerprint density at radius 1 is 1.30 bits per heavy atom. The zero-order valence-corrected chi connectivity index (χ0v) is 13.0. The van der Waals surface area contributed by atoms with Gasteiger partial charge in [0.25, 0.3) is 10.0 Å². The summed E-state index contributed by atoms with van der Waals surface area (Å²) >= 11 is 0. The van der Waals surface area contributed by atoms with Crippen LogP contribution in [0.25, 0.3) is 0 Å². The Balaban J connectivity index is 2.28. The highest BCUT2D eigenvalue weighted by Crippen LogP contribution is 2.27. The number of nitrogens with zero attached hydrogens (tertiary/aromatic N) is 2. The van der Waals surface area contributed by atoms with Crippen LogP contribution >= 0.6 is 0 Å². The fraction of sp³-hybridized carbons (Fsp3) is 0.769. The van der Waals surface area contributed by atoms with E-state index in [1.807, 2.05) is 0 Å². The third kappa shape index (κ3) is 2.89. The molecule has 0 atom stereocenters. The molecule has 1 aliphatic rings. The molecule has 1 fully saturated rings. The lowest BCUT2D eigenvalue weighted by Crippen LogP contribution is -2.37. The van der Waals surface area contributed by atoms with Crippen LogP contribution in [0.4, 0.5) is 0 Å². The van der Waals surface area contributed by atoms with Gasteiger partial charge in [0.1, 0.15) is 0 Å². The number of rotatable bonds is 4. The lowest BCUT2D eigenvalue weighted by atomic mass is 10.1. The number of aryl methyl sites for hydroxylation is 1. The average Bonchev–Trinajstić information content (AvgIpc) is 2.65. The highest BCUT2D eigenvalue weighted by molar-refractivity contribution is 7.89. The Hall–Kier alpha value is -0.920. The van der Waals surface area contributed by atoms with Gasteiger partial charge in [0, 0.05) is 30.9 Å². The molecule has 0 amide bonds. The van der Waals surface area contributed by atoms with Gasteiger partial charge in [-0.15, -0.1) is 0 Å². The topological polar surface area (TPSA) is 92.1 Å². The van der Waals surface area contributed by atoms with E-state index in [4.69, 9.17) is 5.73 Å². The Kier molecular flexibility index (Phi) is 4.82. The first-order valence-corrected chi connectivity index (χ1v) is 8.64. The van der Waals surface area contributed by atoms with Crippen molar-refractivity contribution in [1.82, 2.24) is 14.5 Å². The molecule has 0 aromatic carbocycles. The maximum Gasteiger partial charge on any atom is 0.262 e. The van der Waals surface area contributed by atoms with E-state index in [0.717, 1.165) is 31.4 Å². The molecule has 1 aromatic rings. The second-order valence-electron chi connectivity index (χ2n) is 5.50. The van der Waals surface area contributed by atoms with Gasteiger partial charge in [-0.05, 0) is 19.8 Å². The SMILES string of the molecule is Cc1[nH]nc(S(=O)(=O)N(C)C2CCCCCC2)c1CN. The molecule has 1 aromatic heterocycles. The fourth-order valence-electron chi connectivity index (χ4n) is 2.84. The van der Waals surface area contributed by atoms with E-state index < -0.39 is 10.0 Å². The van der Waals surface area contributed by atoms with Crippen LogP contribution in [0.2, 0.25) is 0 Å². The smallest absolute Gasteiger partial charge is 0.262 e. The van der Waals surface area contributed by atoms with E-state index in [1.165, 1.54) is 17.1 Å². The molecule has 20 heavy (non-hydrogen) atoms. The highest BCUT2D eigenvalue weighted by atomic mass is 32.2. The predicted octanol–water partition coefficient (Wildman–Crippen LogP) is 1.52. The van der Waals surface area contributed by atoms with Gasteiger partial charge in [-0.1, -0.05) is 25.7 Å². The van der Waals surface area contributed by atoms with Crippen molar-refractivity contribution in [3.8, 4) is 0 Å². The highest BCUT2D eigenvalue weighted by Gasteiger charge is 2.32. The van der Waals surface area contributed by atoms with Gasteiger partial charge >= 0.3 is 0 Å². The van der Waals surface area contributed by atoms with Crippen LogP contribution in [-0.4, -0.2) is 36.0 Å². The van der Waals surface area contributed by atoms with Crippen LogP contribution in [0.15, 0.2) is 5.03 Å². The van der Waals surface area contributed by atoms with E-state index in [2.05, 4.69) is 10.2 Å². The largest absolute Gasteiger partial charge is 0.326 e. The summed E-state index contributed by atoms with van der Waals surface area (Å²) in [5, 5.41) is 6.78. The third-order valence-electron chi connectivity index (χ3n) is 4.20. The van der Waals surface area contributed by atoms with Gasteiger partial charge in [0.15, 0.2) is 5.03 Å². The molecule has 1 aliphatic carbocycles. The summed E-state index contributed by atoms with van der Waals surface area (Å²) in [4.78, 5) is 0. The first-order valence-electron chi connectivity index (χ1n) is 7.20. The zero-order chi connectivity index (χ0) is 14.8. The van der Waals surface area contributed by atoms with Gasteiger partial charge < -0.3 is 5.73 Å². The molecule has 0 spiro atoms. The number of hydrogen-bond donors (Lipinski definition) is 2. The summed E-state index contributed by atoms with van der Waals surface area (Å²) in [7, 11) is -1.90. The van der Waals surface area contributed by atoms with Crippen LogP contribution in [0.1, 0.15) is 49.8 Å². The second kappa shape index (κ2) is 6.24. The minimum atomic E-state index is -3.57. The number of sulfonamides is 1. The molecular weight excluding hydrogens is 276 g/mol. The van der Waals surface area contributed by atoms with Crippen molar-refractivity contribution in [2.75, 3.05) is 7.05 Å². The minimum absolute atomic E-state index is 0.0742. The summed E-state index contributed by atoms with van der Waals surface area (Å²) in [5.41, 5.74) is 6.96. The Bertz CT molecular complexity index is 545. The lowest BCUT2D eigenvalue weighted by Gasteiger charge is -2.25. The third-order valence-corrected chi connectivity index (χ3v) is 6.09. The molecule has 3 N–H and O–H groups in total. The maximum absolute atomic E-state index is 12.7. The molecule has 0 aliphatic heterocycles. The molecule has 7 heteroatoms. The van der Waals surface area contributed by atoms with Gasteiger partial charge in [0.2, 0.25) is 0 Å². The first-order chi connectivity index (χ1) is 9.48. The van der Waals surface area contributed by atoms with Crippen molar-refractivity contribution in [1.29, 1.82) is 0 Å². The van der Waals surface area contributed by atoms with Crippen LogP contribution in [0, 0.1) is 6.92 Å². The summed E-state index contributed by atoms with van der Waals surface area (Å²) in [6, 6.07) is 0.0742. The van der Waals surface area contributed by atoms with Gasteiger partial charge in [-0.3, -0.25) is 5.10 Å². The van der Waals surface area contributed by atoms with Crippen LogP contribution < -0.4 is 5.73 Å². The number of nitrogens with one attached hydrogen (secondary N) is 1. The number of hydrogen-bond acceptors (Lipinski definition) is 4. The van der Waals surface area contributed by atoms with Gasteiger partial charge in [-0.25, -0.2) is 8.42 Å². The monoisotopic (exact) mass is 300 g/mol. The number of nitrogens with two attached hydrogens (primary N) is 1. The average molecular weight is 300 g/mol. The number of aromatic nitrogens is 2. The molecule has 1 heterocycles. The molecule has 0 saturated heterocycles.